The predicted molar refractivity (Wildman–Crippen MR) is 50.8 cm³/mol. The molecular weight excluding hydrogens is 292 g/mol. The third-order valence-electron chi connectivity index (χ3n) is 0.469. The Morgan fingerprint density at radius 2 is 2.22 bits per heavy atom. The molecule has 0 saturated heterocycles. The fraction of sp³-hybridized carbons (Fsp3) is 0.250. The van der Waals surface area contributed by atoms with Gasteiger partial charge in [-0.3, -0.25) is 0 Å². The second-order valence-electron chi connectivity index (χ2n) is 1.05. The summed E-state index contributed by atoms with van der Waals surface area (Å²) in [7, 11) is 0. The molecule has 0 aliphatic heterocycles. The fourth-order valence-electron chi connectivity index (χ4n) is 0.150. The highest BCUT2D eigenvalue weighted by Gasteiger charge is 1.96. The average Bonchev–Trinajstić information content (AvgIpc) is 1.82. The molecule has 0 aromatic carbocycles. The minimum absolute atomic E-state index is 0.472. The second kappa shape index (κ2) is 5.66. The smallest absolute Gasteiger partial charge is 0.133 e. The average molecular weight is 294 g/mol. The molecule has 0 aromatic heterocycles. The third-order valence-corrected chi connectivity index (χ3v) is 2.81. The molecule has 0 heterocycles. The van der Waals surface area contributed by atoms with E-state index in [1.807, 2.05) is 28.0 Å². The van der Waals surface area contributed by atoms with Crippen LogP contribution in [-0.2, 0) is 0 Å². The Bertz CT molecular complexity index is 158. The van der Waals surface area contributed by atoms with Gasteiger partial charge in [0, 0.05) is 5.75 Å². The molecule has 5 heteroatoms. The molecule has 1 nitrogen and oxygen atoms in total. The lowest BCUT2D eigenvalue weighted by atomic mass is 10.7. The maximum atomic E-state index is 8.08. The number of nitriles is 1. The second-order valence-corrected chi connectivity index (χ2v) is 4.36. The lowest BCUT2D eigenvalue weighted by molar-refractivity contribution is 1.56. The molecule has 0 atom stereocenters. The van der Waals surface area contributed by atoms with Crippen molar-refractivity contribution in [2.75, 3.05) is 5.75 Å². The van der Waals surface area contributed by atoms with Gasteiger partial charge in [0.1, 0.15) is 5.40 Å². The van der Waals surface area contributed by atoms with Crippen LogP contribution in [0.2, 0.25) is 0 Å². The van der Waals surface area contributed by atoms with E-state index in [9.17, 15) is 0 Å². The van der Waals surface area contributed by atoms with Gasteiger partial charge < -0.3 is 0 Å². The van der Waals surface area contributed by atoms with Crippen molar-refractivity contribution in [3.8, 4) is 5.40 Å². The molecule has 0 fully saturated rings. The van der Waals surface area contributed by atoms with Crippen molar-refractivity contribution in [3.63, 3.8) is 0 Å². The standard InChI is InChI=1S/C4H2Cl2INS/c5-3(4(6)7)1-9-2-8/h1H2/b4-3+. The van der Waals surface area contributed by atoms with E-state index < -0.39 is 0 Å². The van der Waals surface area contributed by atoms with Crippen LogP contribution in [-0.4, -0.2) is 5.75 Å². The number of hydrogen-bond donors (Lipinski definition) is 0. The Labute approximate surface area is 81.5 Å². The first kappa shape index (κ1) is 9.89. The molecule has 0 bridgehead atoms. The highest BCUT2D eigenvalue weighted by molar-refractivity contribution is 14.1. The van der Waals surface area contributed by atoms with E-state index in [1.54, 1.807) is 0 Å². The minimum Gasteiger partial charge on any atom is -0.185 e. The van der Waals surface area contributed by atoms with Crippen LogP contribution in [0.15, 0.2) is 8.07 Å². The molecule has 0 unspecified atom stereocenters. The lowest BCUT2D eigenvalue weighted by Crippen LogP contribution is -1.74. The van der Waals surface area contributed by atoms with Crippen molar-refractivity contribution in [3.05, 3.63) is 8.07 Å². The largest absolute Gasteiger partial charge is 0.185 e. The molecule has 0 spiro atoms. The Kier molecular flexibility index (Phi) is 6.22. The van der Waals surface area contributed by atoms with Crippen LogP contribution in [0.3, 0.4) is 0 Å². The Morgan fingerprint density at radius 3 is 2.56 bits per heavy atom. The van der Waals surface area contributed by atoms with Gasteiger partial charge in [-0.15, -0.1) is 0 Å². The first-order chi connectivity index (χ1) is 4.18. The Hall–Kier alpha value is 0.890. The quantitative estimate of drug-likeness (QED) is 0.576. The Morgan fingerprint density at radius 1 is 1.67 bits per heavy atom. The molecular formula is C4H2Cl2INS. The van der Waals surface area contributed by atoms with Crippen LogP contribution in [0.5, 0.6) is 0 Å². The highest BCUT2D eigenvalue weighted by Crippen LogP contribution is 2.23. The molecule has 0 aliphatic rings. The molecule has 0 amide bonds. The van der Waals surface area contributed by atoms with Crippen molar-refractivity contribution < 1.29 is 0 Å². The molecule has 0 rings (SSSR count). The van der Waals surface area contributed by atoms with E-state index in [4.69, 9.17) is 28.5 Å². The lowest BCUT2D eigenvalue weighted by Gasteiger charge is -1.90. The van der Waals surface area contributed by atoms with Crippen molar-refractivity contribution in [1.29, 1.82) is 5.26 Å². The fourth-order valence-corrected chi connectivity index (χ4v) is 1.25. The maximum Gasteiger partial charge on any atom is 0.133 e. The van der Waals surface area contributed by atoms with Gasteiger partial charge in [-0.25, -0.2) is 0 Å². The third kappa shape index (κ3) is 5.34. The van der Waals surface area contributed by atoms with Crippen LogP contribution < -0.4 is 0 Å². The summed E-state index contributed by atoms with van der Waals surface area (Å²) in [5.74, 6) is 0.472. The van der Waals surface area contributed by atoms with Crippen LogP contribution in [0, 0.1) is 10.7 Å². The van der Waals surface area contributed by atoms with Crippen LogP contribution in [0.25, 0.3) is 0 Å². The topological polar surface area (TPSA) is 23.8 Å². The zero-order chi connectivity index (χ0) is 7.28. The Balaban J connectivity index is 3.67. The predicted octanol–water partition coefficient (Wildman–Crippen LogP) is 3.28. The zero-order valence-corrected chi connectivity index (χ0v) is 8.68. The summed E-state index contributed by atoms with van der Waals surface area (Å²) < 4.78 is 0.525. The van der Waals surface area contributed by atoms with E-state index in [2.05, 4.69) is 0 Å². The summed E-state index contributed by atoms with van der Waals surface area (Å²) in [6.45, 7) is 0. The molecule has 0 saturated carbocycles. The summed E-state index contributed by atoms with van der Waals surface area (Å²) in [4.78, 5) is 0. The summed E-state index contributed by atoms with van der Waals surface area (Å²) in [5, 5.41) is 10.5. The van der Waals surface area contributed by atoms with Gasteiger partial charge in [-0.1, -0.05) is 23.2 Å². The van der Waals surface area contributed by atoms with Gasteiger partial charge in [0.25, 0.3) is 0 Å². The summed E-state index contributed by atoms with van der Waals surface area (Å²) in [6.07, 6.45) is 0. The van der Waals surface area contributed by atoms with Gasteiger partial charge in [0.2, 0.25) is 0 Å². The monoisotopic (exact) mass is 293 g/mol. The molecule has 0 aromatic rings. The number of rotatable bonds is 2. The van der Waals surface area contributed by atoms with Crippen LogP contribution >= 0.6 is 57.6 Å². The van der Waals surface area contributed by atoms with Crippen molar-refractivity contribution in [1.82, 2.24) is 0 Å². The highest BCUT2D eigenvalue weighted by atomic mass is 127. The molecule has 0 radical (unpaired) electrons. The maximum absolute atomic E-state index is 8.08. The first-order valence-corrected chi connectivity index (χ1v) is 4.71. The number of halogens is 3. The van der Waals surface area contributed by atoms with Gasteiger partial charge in [0.05, 0.1) is 8.07 Å². The van der Waals surface area contributed by atoms with E-state index in [0.29, 0.717) is 13.8 Å². The summed E-state index contributed by atoms with van der Waals surface area (Å²) >= 11 is 14.0. The number of nitrogens with zero attached hydrogens (tertiary/aromatic N) is 1. The molecule has 9 heavy (non-hydrogen) atoms. The minimum atomic E-state index is 0.472. The molecule has 0 aliphatic carbocycles. The summed E-state index contributed by atoms with van der Waals surface area (Å²) in [6, 6.07) is 0. The number of thioether (sulfide) groups is 1. The number of thiocyanates is 1. The van der Waals surface area contributed by atoms with E-state index >= 15 is 0 Å². The van der Waals surface area contributed by atoms with Gasteiger partial charge in [-0.2, -0.15) is 5.26 Å². The van der Waals surface area contributed by atoms with Crippen molar-refractivity contribution in [2.24, 2.45) is 0 Å². The SMILES string of the molecule is N#CSC/C(Cl)=C(/Cl)I. The van der Waals surface area contributed by atoms with E-state index in [-0.39, 0.29) is 0 Å². The van der Waals surface area contributed by atoms with Crippen molar-refractivity contribution in [2.45, 2.75) is 0 Å². The molecule has 50 valence electrons. The number of hydrogen-bond acceptors (Lipinski definition) is 2. The van der Waals surface area contributed by atoms with Gasteiger partial charge in [0.15, 0.2) is 0 Å². The summed E-state index contributed by atoms with van der Waals surface area (Å²) in [5.41, 5.74) is 0. The first-order valence-electron chi connectivity index (χ1n) is 1.89. The van der Waals surface area contributed by atoms with E-state index in [1.165, 1.54) is 0 Å². The van der Waals surface area contributed by atoms with Gasteiger partial charge >= 0.3 is 0 Å². The van der Waals surface area contributed by atoms with E-state index in [0.717, 1.165) is 11.8 Å². The zero-order valence-electron chi connectivity index (χ0n) is 4.20. The van der Waals surface area contributed by atoms with Crippen molar-refractivity contribution >= 4 is 57.6 Å². The molecule has 0 N–H and O–H groups in total. The van der Waals surface area contributed by atoms with Crippen LogP contribution in [0.4, 0.5) is 0 Å². The van der Waals surface area contributed by atoms with Crippen LogP contribution in [0.1, 0.15) is 0 Å². The normalized spacial score (nSPS) is 12.2. The van der Waals surface area contributed by atoms with Gasteiger partial charge in [-0.05, 0) is 34.4 Å².